The Bertz CT molecular complexity index is 1090. The number of hydrogen-bond donors (Lipinski definition) is 1. The van der Waals surface area contributed by atoms with Crippen molar-refractivity contribution in [3.63, 3.8) is 0 Å². The molecule has 0 aliphatic carbocycles. The topological polar surface area (TPSA) is 109 Å². The molecule has 2 aliphatic rings. The van der Waals surface area contributed by atoms with Crippen LogP contribution >= 0.6 is 0 Å². The normalized spacial score (nSPS) is 21.7. The lowest BCUT2D eigenvalue weighted by Gasteiger charge is -2.34. The largest absolute Gasteiger partial charge is 0.482 e. The van der Waals surface area contributed by atoms with Gasteiger partial charge in [0.25, 0.3) is 5.91 Å². The van der Waals surface area contributed by atoms with Crippen LogP contribution in [-0.2, 0) is 26.2 Å². The molecule has 4 rings (SSSR count). The maximum absolute atomic E-state index is 13.3. The third-order valence-corrected chi connectivity index (χ3v) is 7.52. The van der Waals surface area contributed by atoms with Crippen molar-refractivity contribution in [3.8, 4) is 5.75 Å². The highest BCUT2D eigenvalue weighted by molar-refractivity contribution is 7.89. The summed E-state index contributed by atoms with van der Waals surface area (Å²) in [6.07, 6.45) is 2.49. The molecule has 0 spiro atoms. The smallest absolute Gasteiger partial charge is 0.265 e. The Labute approximate surface area is 187 Å². The van der Waals surface area contributed by atoms with Crippen LogP contribution in [-0.4, -0.2) is 50.8 Å². The van der Waals surface area contributed by atoms with Gasteiger partial charge in [-0.05, 0) is 48.6 Å². The zero-order chi connectivity index (χ0) is 22.9. The minimum Gasteiger partial charge on any atom is -0.482 e. The second kappa shape index (κ2) is 8.95. The number of furan rings is 1. The third-order valence-electron chi connectivity index (χ3n) is 5.69. The molecule has 1 aromatic carbocycles. The fourth-order valence-corrected chi connectivity index (χ4v) is 5.97. The van der Waals surface area contributed by atoms with Crippen molar-refractivity contribution in [3.05, 3.63) is 42.4 Å². The van der Waals surface area contributed by atoms with Crippen LogP contribution < -0.4 is 15.0 Å². The minimum atomic E-state index is -3.74. The van der Waals surface area contributed by atoms with Gasteiger partial charge in [-0.2, -0.15) is 4.31 Å². The predicted octanol–water partition coefficient (Wildman–Crippen LogP) is 1.99. The zero-order valence-corrected chi connectivity index (χ0v) is 18.9. The molecule has 0 bridgehead atoms. The highest BCUT2D eigenvalue weighted by Crippen LogP contribution is 2.36. The molecule has 1 N–H and O–H groups in total. The number of hydrogen-bond acceptors (Lipinski definition) is 6. The molecule has 172 valence electrons. The molecular formula is C22H27N3O6S. The number of anilines is 1. The number of carbonyl (C=O) groups is 2. The standard InChI is InChI=1S/C22H27N3O6S/c1-15-8-16(2)12-24(11-15)32(28,29)18-5-6-20-19(9-18)25(22(27)14-31-20)13-21(26)23-10-17-4-3-7-30-17/h3-7,9,15-16H,8,10-14H2,1-2H3,(H,23,26)/t15-,16-/m0/s1. The van der Waals surface area contributed by atoms with E-state index in [0.717, 1.165) is 6.42 Å². The van der Waals surface area contributed by atoms with Gasteiger partial charge in [0.1, 0.15) is 18.1 Å². The van der Waals surface area contributed by atoms with Crippen molar-refractivity contribution in [2.24, 2.45) is 11.8 Å². The summed E-state index contributed by atoms with van der Waals surface area (Å²) in [4.78, 5) is 26.3. The summed E-state index contributed by atoms with van der Waals surface area (Å²) in [6.45, 7) is 4.72. The maximum atomic E-state index is 13.3. The third kappa shape index (κ3) is 4.66. The summed E-state index contributed by atoms with van der Waals surface area (Å²) in [5.74, 6) is 0.680. The van der Waals surface area contributed by atoms with Crippen molar-refractivity contribution in [1.82, 2.24) is 9.62 Å². The zero-order valence-electron chi connectivity index (χ0n) is 18.1. The van der Waals surface area contributed by atoms with Crippen molar-refractivity contribution < 1.29 is 27.2 Å². The van der Waals surface area contributed by atoms with E-state index in [1.807, 2.05) is 13.8 Å². The van der Waals surface area contributed by atoms with E-state index in [-0.39, 0.29) is 42.1 Å². The molecule has 1 saturated heterocycles. The van der Waals surface area contributed by atoms with Crippen LogP contribution in [0.3, 0.4) is 0 Å². The second-order valence-electron chi connectivity index (χ2n) is 8.52. The number of nitrogens with zero attached hydrogens (tertiary/aromatic N) is 2. The van der Waals surface area contributed by atoms with Gasteiger partial charge in [0.05, 0.1) is 23.4 Å². The number of benzene rings is 1. The second-order valence-corrected chi connectivity index (χ2v) is 10.5. The van der Waals surface area contributed by atoms with Crippen LogP contribution in [0.25, 0.3) is 0 Å². The van der Waals surface area contributed by atoms with Gasteiger partial charge in [-0.1, -0.05) is 13.8 Å². The Morgan fingerprint density at radius 3 is 2.62 bits per heavy atom. The molecule has 1 aromatic heterocycles. The summed E-state index contributed by atoms with van der Waals surface area (Å²) < 4.78 is 38.8. The van der Waals surface area contributed by atoms with Crippen molar-refractivity contribution in [2.75, 3.05) is 31.1 Å². The first-order valence-corrected chi connectivity index (χ1v) is 12.0. The van der Waals surface area contributed by atoms with E-state index in [9.17, 15) is 18.0 Å². The van der Waals surface area contributed by atoms with Crippen molar-refractivity contribution in [2.45, 2.75) is 31.7 Å². The van der Waals surface area contributed by atoms with E-state index in [4.69, 9.17) is 9.15 Å². The number of rotatable bonds is 6. The Morgan fingerprint density at radius 2 is 1.94 bits per heavy atom. The van der Waals surface area contributed by atoms with Gasteiger partial charge in [-0.3, -0.25) is 14.5 Å². The number of carbonyl (C=O) groups excluding carboxylic acids is 2. The molecule has 9 nitrogen and oxygen atoms in total. The number of ether oxygens (including phenoxy) is 1. The summed E-state index contributed by atoms with van der Waals surface area (Å²) in [6, 6.07) is 7.90. The molecule has 1 fully saturated rings. The fraction of sp³-hybridized carbons (Fsp3) is 0.455. The van der Waals surface area contributed by atoms with E-state index in [1.54, 1.807) is 18.2 Å². The van der Waals surface area contributed by atoms with E-state index >= 15 is 0 Å². The first kappa shape index (κ1) is 22.3. The van der Waals surface area contributed by atoms with E-state index in [0.29, 0.717) is 24.6 Å². The van der Waals surface area contributed by atoms with Gasteiger partial charge in [-0.15, -0.1) is 0 Å². The van der Waals surface area contributed by atoms with E-state index < -0.39 is 21.8 Å². The molecule has 0 radical (unpaired) electrons. The van der Waals surface area contributed by atoms with Crippen LogP contribution in [0.4, 0.5) is 5.69 Å². The number of fused-ring (bicyclic) bond motifs is 1. The summed E-state index contributed by atoms with van der Waals surface area (Å²) in [5, 5.41) is 2.70. The summed E-state index contributed by atoms with van der Waals surface area (Å²) in [5.41, 5.74) is 0.272. The van der Waals surface area contributed by atoms with Gasteiger partial charge < -0.3 is 14.5 Å². The van der Waals surface area contributed by atoms with Crippen LogP contribution in [0.2, 0.25) is 0 Å². The summed E-state index contributed by atoms with van der Waals surface area (Å²) in [7, 11) is -3.74. The SMILES string of the molecule is C[C@H]1C[C@H](C)CN(S(=O)(=O)c2ccc3c(c2)N(CC(=O)NCc2ccco2)C(=O)CO3)C1. The van der Waals surface area contributed by atoms with Crippen LogP contribution in [0.5, 0.6) is 5.75 Å². The van der Waals surface area contributed by atoms with E-state index in [1.165, 1.54) is 27.6 Å². The first-order chi connectivity index (χ1) is 15.2. The quantitative estimate of drug-likeness (QED) is 0.705. The van der Waals surface area contributed by atoms with Crippen molar-refractivity contribution >= 4 is 27.5 Å². The lowest BCUT2D eigenvalue weighted by molar-refractivity contribution is -0.125. The molecular weight excluding hydrogens is 434 g/mol. The van der Waals surface area contributed by atoms with Gasteiger partial charge in [0, 0.05) is 13.1 Å². The van der Waals surface area contributed by atoms with Crippen molar-refractivity contribution in [1.29, 1.82) is 0 Å². The highest BCUT2D eigenvalue weighted by Gasteiger charge is 2.34. The Balaban J connectivity index is 1.56. The first-order valence-electron chi connectivity index (χ1n) is 10.6. The number of nitrogens with one attached hydrogen (secondary N) is 1. The molecule has 2 aromatic rings. The number of amides is 2. The maximum Gasteiger partial charge on any atom is 0.265 e. The minimum absolute atomic E-state index is 0.0804. The lowest BCUT2D eigenvalue weighted by Crippen LogP contribution is -2.45. The Hall–Kier alpha value is -2.85. The van der Waals surface area contributed by atoms with Gasteiger partial charge in [0.2, 0.25) is 15.9 Å². The van der Waals surface area contributed by atoms with Crippen LogP contribution in [0.1, 0.15) is 26.0 Å². The lowest BCUT2D eigenvalue weighted by atomic mass is 9.94. The fourth-order valence-electron chi connectivity index (χ4n) is 4.27. The number of piperidine rings is 1. The molecule has 2 amide bonds. The Kier molecular flexibility index (Phi) is 6.25. The molecule has 10 heteroatoms. The molecule has 3 heterocycles. The predicted molar refractivity (Wildman–Crippen MR) is 117 cm³/mol. The summed E-state index contributed by atoms with van der Waals surface area (Å²) >= 11 is 0. The van der Waals surface area contributed by atoms with Gasteiger partial charge in [0.15, 0.2) is 6.61 Å². The molecule has 0 unspecified atom stereocenters. The molecule has 2 atom stereocenters. The van der Waals surface area contributed by atoms with Gasteiger partial charge >= 0.3 is 0 Å². The average molecular weight is 462 g/mol. The van der Waals surface area contributed by atoms with Crippen LogP contribution in [0, 0.1) is 11.8 Å². The molecule has 0 saturated carbocycles. The van der Waals surface area contributed by atoms with E-state index in [2.05, 4.69) is 5.32 Å². The number of sulfonamides is 1. The Morgan fingerprint density at radius 1 is 1.19 bits per heavy atom. The molecule has 2 aliphatic heterocycles. The monoisotopic (exact) mass is 461 g/mol. The highest BCUT2D eigenvalue weighted by atomic mass is 32.2. The van der Waals surface area contributed by atoms with Crippen LogP contribution in [0.15, 0.2) is 45.9 Å². The average Bonchev–Trinajstić information content (AvgIpc) is 3.27. The molecule has 32 heavy (non-hydrogen) atoms. The van der Waals surface area contributed by atoms with Gasteiger partial charge in [-0.25, -0.2) is 8.42 Å².